The topological polar surface area (TPSA) is 66.6 Å². The molecule has 1 aliphatic heterocycles. The minimum atomic E-state index is -0.755. The molecule has 1 atom stereocenters. The molecule has 20 heavy (non-hydrogen) atoms. The Balaban J connectivity index is 1.72. The first-order chi connectivity index (χ1) is 9.74. The van der Waals surface area contributed by atoms with E-state index < -0.39 is 12.0 Å². The maximum Gasteiger partial charge on any atom is 0.320 e. The Bertz CT molecular complexity index is 579. The highest BCUT2D eigenvalue weighted by atomic mass is 32.1. The lowest BCUT2D eigenvalue weighted by molar-refractivity contribution is -0.145. The molecule has 1 saturated heterocycles. The number of aromatic nitrogens is 1. The molecular weight excluding hydrogens is 276 g/mol. The van der Waals surface area contributed by atoms with E-state index in [0.717, 1.165) is 30.0 Å². The molecule has 3 rings (SSSR count). The van der Waals surface area contributed by atoms with Gasteiger partial charge in [-0.25, -0.2) is 4.98 Å². The molecule has 1 aliphatic rings. The molecule has 0 bridgehead atoms. The maximum absolute atomic E-state index is 11.3. The van der Waals surface area contributed by atoms with Crippen LogP contribution in [0.15, 0.2) is 28.1 Å². The number of likely N-dealkylation sites (tertiary alicyclic amines) is 1. The van der Waals surface area contributed by atoms with E-state index in [1.54, 1.807) is 17.5 Å². The molecule has 6 heteroatoms. The van der Waals surface area contributed by atoms with Gasteiger partial charge in [0.1, 0.15) is 6.04 Å². The lowest BCUT2D eigenvalue weighted by Crippen LogP contribution is -2.44. The minimum Gasteiger partial charge on any atom is -0.480 e. The summed E-state index contributed by atoms with van der Waals surface area (Å²) in [7, 11) is 0. The third kappa shape index (κ3) is 2.76. The highest BCUT2D eigenvalue weighted by Gasteiger charge is 2.29. The maximum atomic E-state index is 11.3. The largest absolute Gasteiger partial charge is 0.480 e. The van der Waals surface area contributed by atoms with Gasteiger partial charge in [-0.15, -0.1) is 11.3 Å². The SMILES string of the molecule is O=C(O)C1CCCCN1Cc1ncc(-c2cccs2)o1. The van der Waals surface area contributed by atoms with E-state index in [9.17, 15) is 9.90 Å². The minimum absolute atomic E-state index is 0.416. The Labute approximate surface area is 120 Å². The fraction of sp³-hybridized carbons (Fsp3) is 0.429. The molecule has 0 aliphatic carbocycles. The summed E-state index contributed by atoms with van der Waals surface area (Å²) in [6.07, 6.45) is 4.41. The van der Waals surface area contributed by atoms with Gasteiger partial charge >= 0.3 is 5.97 Å². The lowest BCUT2D eigenvalue weighted by atomic mass is 10.0. The average molecular weight is 292 g/mol. The summed E-state index contributed by atoms with van der Waals surface area (Å²) in [5.74, 6) is 0.579. The van der Waals surface area contributed by atoms with Crippen LogP contribution in [0, 0.1) is 0 Å². The summed E-state index contributed by atoms with van der Waals surface area (Å²) < 4.78 is 5.72. The first-order valence-corrected chi connectivity index (χ1v) is 7.57. The van der Waals surface area contributed by atoms with Gasteiger partial charge in [-0.1, -0.05) is 12.5 Å². The summed E-state index contributed by atoms with van der Waals surface area (Å²) in [4.78, 5) is 18.5. The molecule has 1 N–H and O–H groups in total. The van der Waals surface area contributed by atoms with E-state index >= 15 is 0 Å². The molecule has 5 nitrogen and oxygen atoms in total. The molecule has 0 aromatic carbocycles. The van der Waals surface area contributed by atoms with Gasteiger partial charge < -0.3 is 9.52 Å². The number of hydrogen-bond acceptors (Lipinski definition) is 5. The third-order valence-electron chi connectivity index (χ3n) is 3.55. The molecule has 3 heterocycles. The number of rotatable bonds is 4. The normalized spacial score (nSPS) is 20.1. The van der Waals surface area contributed by atoms with Gasteiger partial charge in [0, 0.05) is 0 Å². The molecule has 1 unspecified atom stereocenters. The van der Waals surface area contributed by atoms with Crippen LogP contribution in [0.25, 0.3) is 10.6 Å². The summed E-state index contributed by atoms with van der Waals surface area (Å²) in [5, 5.41) is 11.2. The molecule has 1 fully saturated rings. The van der Waals surface area contributed by atoms with Crippen molar-refractivity contribution in [3.05, 3.63) is 29.6 Å². The van der Waals surface area contributed by atoms with Gasteiger partial charge in [-0.05, 0) is 30.8 Å². The second-order valence-corrected chi connectivity index (χ2v) is 5.86. The molecule has 2 aromatic heterocycles. The van der Waals surface area contributed by atoms with E-state index in [-0.39, 0.29) is 0 Å². The summed E-state index contributed by atoms with van der Waals surface area (Å²) in [6, 6.07) is 3.53. The van der Waals surface area contributed by atoms with Crippen molar-refractivity contribution in [2.45, 2.75) is 31.8 Å². The second-order valence-electron chi connectivity index (χ2n) is 4.92. The number of nitrogens with zero attached hydrogens (tertiary/aromatic N) is 2. The smallest absolute Gasteiger partial charge is 0.320 e. The average Bonchev–Trinajstić information content (AvgIpc) is 3.09. The van der Waals surface area contributed by atoms with Crippen LogP contribution in [0.1, 0.15) is 25.2 Å². The number of carbonyl (C=O) groups is 1. The fourth-order valence-electron chi connectivity index (χ4n) is 2.55. The zero-order valence-corrected chi connectivity index (χ0v) is 11.8. The zero-order chi connectivity index (χ0) is 13.9. The molecular formula is C14H16N2O3S. The van der Waals surface area contributed by atoms with Crippen LogP contribution in [0.2, 0.25) is 0 Å². The van der Waals surface area contributed by atoms with E-state index in [0.29, 0.717) is 18.9 Å². The van der Waals surface area contributed by atoms with Crippen molar-refractivity contribution in [1.29, 1.82) is 0 Å². The molecule has 0 amide bonds. The van der Waals surface area contributed by atoms with Crippen molar-refractivity contribution in [1.82, 2.24) is 9.88 Å². The number of carboxylic acid groups (broad SMARTS) is 1. The lowest BCUT2D eigenvalue weighted by Gasteiger charge is -2.31. The molecule has 0 radical (unpaired) electrons. The van der Waals surface area contributed by atoms with E-state index in [1.807, 2.05) is 22.4 Å². The van der Waals surface area contributed by atoms with Crippen LogP contribution in [-0.2, 0) is 11.3 Å². The van der Waals surface area contributed by atoms with Crippen molar-refractivity contribution < 1.29 is 14.3 Å². The standard InChI is InChI=1S/C14H16N2O3S/c17-14(18)10-4-1-2-6-16(10)9-13-15-8-11(19-13)12-5-3-7-20-12/h3,5,7-8,10H,1-2,4,6,9H2,(H,17,18). The Morgan fingerprint density at radius 1 is 1.55 bits per heavy atom. The summed E-state index contributed by atoms with van der Waals surface area (Å²) in [5.41, 5.74) is 0. The number of carboxylic acids is 1. The Hall–Kier alpha value is -1.66. The monoisotopic (exact) mass is 292 g/mol. The molecule has 0 saturated carbocycles. The van der Waals surface area contributed by atoms with E-state index in [4.69, 9.17) is 4.42 Å². The van der Waals surface area contributed by atoms with Crippen LogP contribution in [0.4, 0.5) is 0 Å². The van der Waals surface area contributed by atoms with Gasteiger partial charge in [0.05, 0.1) is 17.6 Å². The van der Waals surface area contributed by atoms with Crippen molar-refractivity contribution in [2.24, 2.45) is 0 Å². The summed E-state index contributed by atoms with van der Waals surface area (Å²) >= 11 is 1.60. The van der Waals surface area contributed by atoms with Crippen LogP contribution in [0.3, 0.4) is 0 Å². The second kappa shape index (κ2) is 5.76. The van der Waals surface area contributed by atoms with Gasteiger partial charge in [0.15, 0.2) is 5.76 Å². The van der Waals surface area contributed by atoms with Crippen molar-refractivity contribution in [2.75, 3.05) is 6.54 Å². The predicted molar refractivity (Wildman–Crippen MR) is 75.5 cm³/mol. The highest BCUT2D eigenvalue weighted by Crippen LogP contribution is 2.26. The van der Waals surface area contributed by atoms with Crippen molar-refractivity contribution in [3.8, 4) is 10.6 Å². The van der Waals surface area contributed by atoms with Crippen LogP contribution in [-0.4, -0.2) is 33.5 Å². The molecule has 2 aromatic rings. The van der Waals surface area contributed by atoms with Gasteiger partial charge in [-0.3, -0.25) is 9.69 Å². The Morgan fingerprint density at radius 3 is 3.20 bits per heavy atom. The van der Waals surface area contributed by atoms with Gasteiger partial charge in [-0.2, -0.15) is 0 Å². The first kappa shape index (κ1) is 13.3. The highest BCUT2D eigenvalue weighted by molar-refractivity contribution is 7.13. The van der Waals surface area contributed by atoms with Crippen LogP contribution >= 0.6 is 11.3 Å². The number of hydrogen-bond donors (Lipinski definition) is 1. The van der Waals surface area contributed by atoms with Gasteiger partial charge in [0.2, 0.25) is 5.89 Å². The van der Waals surface area contributed by atoms with E-state index in [1.165, 1.54) is 0 Å². The van der Waals surface area contributed by atoms with Crippen LogP contribution < -0.4 is 0 Å². The van der Waals surface area contributed by atoms with Crippen molar-refractivity contribution in [3.63, 3.8) is 0 Å². The fourth-order valence-corrected chi connectivity index (χ4v) is 3.22. The Morgan fingerprint density at radius 2 is 2.45 bits per heavy atom. The zero-order valence-electron chi connectivity index (χ0n) is 11.0. The number of piperidine rings is 1. The van der Waals surface area contributed by atoms with Gasteiger partial charge in [0.25, 0.3) is 0 Å². The summed E-state index contributed by atoms with van der Waals surface area (Å²) in [6.45, 7) is 1.25. The predicted octanol–water partition coefficient (Wildman–Crippen LogP) is 2.84. The van der Waals surface area contributed by atoms with Crippen LogP contribution in [0.5, 0.6) is 0 Å². The molecule has 0 spiro atoms. The quantitative estimate of drug-likeness (QED) is 0.938. The number of oxazole rings is 1. The first-order valence-electron chi connectivity index (χ1n) is 6.69. The Kier molecular flexibility index (Phi) is 3.84. The number of aliphatic carboxylic acids is 1. The number of thiophene rings is 1. The van der Waals surface area contributed by atoms with Crippen molar-refractivity contribution >= 4 is 17.3 Å². The van der Waals surface area contributed by atoms with E-state index in [2.05, 4.69) is 4.98 Å². The molecule has 106 valence electrons. The third-order valence-corrected chi connectivity index (χ3v) is 4.44.